The second kappa shape index (κ2) is 7.61. The van der Waals surface area contributed by atoms with Crippen LogP contribution >= 0.6 is 0 Å². The Balaban J connectivity index is 2.46. The number of carbonyl (C=O) groups excluding carboxylic acids is 2. The molecular weight excluding hydrogens is 276 g/mol. The highest BCUT2D eigenvalue weighted by atomic mass is 16.6. The number of hydrogen-bond donors (Lipinski definition) is 1. The van der Waals surface area contributed by atoms with E-state index in [1.54, 1.807) is 0 Å². The molecule has 0 saturated carbocycles. The van der Waals surface area contributed by atoms with Crippen molar-refractivity contribution in [3.05, 3.63) is 23.8 Å². The molecule has 0 amide bonds. The first kappa shape index (κ1) is 16.9. The molecular formula is C15H20O6. The number of carboxylic acids is 1. The molecule has 0 aliphatic heterocycles. The van der Waals surface area contributed by atoms with Gasteiger partial charge in [0.05, 0.1) is 11.8 Å². The number of carbonyl (C=O) groups is 3. The van der Waals surface area contributed by atoms with Crippen molar-refractivity contribution in [2.75, 3.05) is 13.2 Å². The van der Waals surface area contributed by atoms with Gasteiger partial charge in [0.1, 0.15) is 13.2 Å². The van der Waals surface area contributed by atoms with Crippen LogP contribution in [0.15, 0.2) is 23.8 Å². The molecule has 0 radical (unpaired) electrons. The van der Waals surface area contributed by atoms with Crippen molar-refractivity contribution < 1.29 is 29.0 Å². The first-order valence-corrected chi connectivity index (χ1v) is 6.70. The van der Waals surface area contributed by atoms with Crippen LogP contribution in [-0.2, 0) is 23.9 Å². The van der Waals surface area contributed by atoms with Crippen molar-refractivity contribution in [1.82, 2.24) is 0 Å². The lowest BCUT2D eigenvalue weighted by atomic mass is 9.80. The molecule has 0 heterocycles. The maximum Gasteiger partial charge on any atom is 0.333 e. The second-order valence-corrected chi connectivity index (χ2v) is 5.13. The van der Waals surface area contributed by atoms with Crippen molar-refractivity contribution in [2.45, 2.75) is 26.7 Å². The molecule has 0 spiro atoms. The van der Waals surface area contributed by atoms with E-state index < -0.39 is 29.7 Å². The minimum atomic E-state index is -1.01. The van der Waals surface area contributed by atoms with Crippen LogP contribution in [-0.4, -0.2) is 36.2 Å². The van der Waals surface area contributed by atoms with Crippen LogP contribution in [0.5, 0.6) is 0 Å². The monoisotopic (exact) mass is 296 g/mol. The maximum atomic E-state index is 12.0. The van der Waals surface area contributed by atoms with Gasteiger partial charge in [-0.05, 0) is 26.7 Å². The normalized spacial score (nSPS) is 21.1. The van der Waals surface area contributed by atoms with Crippen LogP contribution in [0, 0.1) is 11.8 Å². The zero-order chi connectivity index (χ0) is 16.0. The predicted molar refractivity (Wildman–Crippen MR) is 74.3 cm³/mol. The number of hydrogen-bond acceptors (Lipinski definition) is 5. The summed E-state index contributed by atoms with van der Waals surface area (Å²) in [5.74, 6) is -3.58. The van der Waals surface area contributed by atoms with Crippen LogP contribution in [0.25, 0.3) is 0 Å². The number of aliphatic carboxylic acids is 1. The third-order valence-corrected chi connectivity index (χ3v) is 3.28. The van der Waals surface area contributed by atoms with Crippen molar-refractivity contribution in [2.24, 2.45) is 11.8 Å². The average Bonchev–Trinajstić information content (AvgIpc) is 2.42. The van der Waals surface area contributed by atoms with E-state index in [1.807, 2.05) is 13.0 Å². The minimum absolute atomic E-state index is 0.0727. The third kappa shape index (κ3) is 5.06. The van der Waals surface area contributed by atoms with E-state index in [9.17, 15) is 14.4 Å². The van der Waals surface area contributed by atoms with Crippen molar-refractivity contribution in [3.63, 3.8) is 0 Å². The molecule has 0 aromatic rings. The Morgan fingerprint density at radius 3 is 2.48 bits per heavy atom. The molecule has 2 atom stereocenters. The van der Waals surface area contributed by atoms with E-state index >= 15 is 0 Å². The summed E-state index contributed by atoms with van der Waals surface area (Å²) in [5.41, 5.74) is 1.24. The fraction of sp³-hybridized carbons (Fsp3) is 0.533. The van der Waals surface area contributed by atoms with E-state index in [0.29, 0.717) is 12.8 Å². The van der Waals surface area contributed by atoms with Gasteiger partial charge in [-0.15, -0.1) is 0 Å². The van der Waals surface area contributed by atoms with Gasteiger partial charge in [-0.3, -0.25) is 9.59 Å². The van der Waals surface area contributed by atoms with Gasteiger partial charge in [-0.25, -0.2) is 4.79 Å². The predicted octanol–water partition coefficient (Wildman–Crippen LogP) is 1.71. The lowest BCUT2D eigenvalue weighted by molar-refractivity contribution is -0.160. The van der Waals surface area contributed by atoms with Gasteiger partial charge < -0.3 is 14.6 Å². The van der Waals surface area contributed by atoms with Crippen LogP contribution in [0.4, 0.5) is 0 Å². The Morgan fingerprint density at radius 1 is 1.29 bits per heavy atom. The van der Waals surface area contributed by atoms with Crippen LogP contribution in [0.3, 0.4) is 0 Å². The first-order chi connectivity index (χ1) is 9.82. The van der Waals surface area contributed by atoms with E-state index in [2.05, 4.69) is 6.58 Å². The number of esters is 2. The van der Waals surface area contributed by atoms with Gasteiger partial charge >= 0.3 is 17.9 Å². The summed E-state index contributed by atoms with van der Waals surface area (Å²) >= 11 is 0. The Bertz CT molecular complexity index is 477. The summed E-state index contributed by atoms with van der Waals surface area (Å²) in [7, 11) is 0. The molecule has 1 N–H and O–H groups in total. The van der Waals surface area contributed by atoms with Crippen molar-refractivity contribution in [1.29, 1.82) is 0 Å². The quantitative estimate of drug-likeness (QED) is 0.347. The van der Waals surface area contributed by atoms with E-state index in [4.69, 9.17) is 14.6 Å². The standard InChI is InChI=1S/C15H20O6/c1-9(2)14(18)20-6-7-21-15(19)12-8-10(3)4-5-11(12)13(16)17/h4,11-12H,1,5-8H2,2-3H3,(H,16,17). The fourth-order valence-electron chi connectivity index (χ4n) is 2.09. The zero-order valence-electron chi connectivity index (χ0n) is 12.3. The summed E-state index contributed by atoms with van der Waals surface area (Å²) in [4.78, 5) is 34.2. The molecule has 116 valence electrons. The van der Waals surface area contributed by atoms with Crippen molar-refractivity contribution in [3.8, 4) is 0 Å². The van der Waals surface area contributed by atoms with E-state index in [1.165, 1.54) is 6.92 Å². The van der Waals surface area contributed by atoms with Gasteiger partial charge in [0.2, 0.25) is 0 Å². The Morgan fingerprint density at radius 2 is 1.90 bits per heavy atom. The fourth-order valence-corrected chi connectivity index (χ4v) is 2.09. The highest BCUT2D eigenvalue weighted by Gasteiger charge is 2.36. The molecule has 6 nitrogen and oxygen atoms in total. The van der Waals surface area contributed by atoms with E-state index in [0.717, 1.165) is 5.57 Å². The maximum absolute atomic E-state index is 12.0. The van der Waals surface area contributed by atoms with Crippen molar-refractivity contribution >= 4 is 17.9 Å². The number of ether oxygens (including phenoxy) is 2. The Labute approximate surface area is 123 Å². The lowest BCUT2D eigenvalue weighted by Crippen LogP contribution is -2.33. The summed E-state index contributed by atoms with van der Waals surface area (Å²) in [5, 5.41) is 9.13. The van der Waals surface area contributed by atoms with Gasteiger partial charge in [0.15, 0.2) is 0 Å². The number of carboxylic acid groups (broad SMARTS) is 1. The van der Waals surface area contributed by atoms with Crippen LogP contribution in [0.1, 0.15) is 26.7 Å². The third-order valence-electron chi connectivity index (χ3n) is 3.28. The number of rotatable bonds is 6. The molecule has 1 aliphatic rings. The van der Waals surface area contributed by atoms with Crippen LogP contribution < -0.4 is 0 Å². The van der Waals surface area contributed by atoms with Gasteiger partial charge in [-0.2, -0.15) is 0 Å². The molecule has 2 unspecified atom stereocenters. The molecule has 0 saturated heterocycles. The molecule has 1 aliphatic carbocycles. The Hall–Kier alpha value is -2.11. The highest BCUT2D eigenvalue weighted by Crippen LogP contribution is 2.30. The number of allylic oxidation sites excluding steroid dienone is 2. The SMILES string of the molecule is C=C(C)C(=O)OCCOC(=O)C1CC(C)=CCC1C(=O)O. The highest BCUT2D eigenvalue weighted by molar-refractivity contribution is 5.87. The van der Waals surface area contributed by atoms with Gasteiger partial charge in [0, 0.05) is 5.57 Å². The Kier molecular flexibility index (Phi) is 6.14. The lowest BCUT2D eigenvalue weighted by Gasteiger charge is -2.25. The minimum Gasteiger partial charge on any atom is -0.481 e. The smallest absolute Gasteiger partial charge is 0.333 e. The van der Waals surface area contributed by atoms with Gasteiger partial charge in [-0.1, -0.05) is 18.2 Å². The molecule has 0 bridgehead atoms. The summed E-state index contributed by atoms with van der Waals surface area (Å²) in [6.45, 7) is 6.63. The molecule has 21 heavy (non-hydrogen) atoms. The molecule has 0 aromatic heterocycles. The van der Waals surface area contributed by atoms with E-state index in [-0.39, 0.29) is 18.8 Å². The topological polar surface area (TPSA) is 89.9 Å². The summed E-state index contributed by atoms with van der Waals surface area (Å²) in [6, 6.07) is 0. The second-order valence-electron chi connectivity index (χ2n) is 5.13. The molecule has 1 rings (SSSR count). The average molecular weight is 296 g/mol. The summed E-state index contributed by atoms with van der Waals surface area (Å²) in [6.07, 6.45) is 2.53. The molecule has 6 heteroatoms. The summed E-state index contributed by atoms with van der Waals surface area (Å²) < 4.78 is 9.80. The van der Waals surface area contributed by atoms with Crippen LogP contribution in [0.2, 0.25) is 0 Å². The largest absolute Gasteiger partial charge is 0.481 e. The molecule has 0 fully saturated rings. The molecule has 0 aromatic carbocycles. The first-order valence-electron chi connectivity index (χ1n) is 6.70. The zero-order valence-corrected chi connectivity index (χ0v) is 12.3. The van der Waals surface area contributed by atoms with Gasteiger partial charge in [0.25, 0.3) is 0 Å².